The number of carboxylic acids is 1. The van der Waals surface area contributed by atoms with E-state index in [-0.39, 0.29) is 18.4 Å². The van der Waals surface area contributed by atoms with Crippen molar-refractivity contribution in [1.29, 1.82) is 0 Å². The van der Waals surface area contributed by atoms with Gasteiger partial charge in [0.25, 0.3) is 0 Å². The number of hydrogen-bond acceptors (Lipinski definition) is 6. The molecule has 0 radical (unpaired) electrons. The van der Waals surface area contributed by atoms with Crippen molar-refractivity contribution in [2.75, 3.05) is 19.6 Å². The van der Waals surface area contributed by atoms with Crippen molar-refractivity contribution in [2.45, 2.75) is 64.1 Å². The Morgan fingerprint density at radius 3 is 2.48 bits per heavy atom. The van der Waals surface area contributed by atoms with E-state index in [2.05, 4.69) is 15.6 Å². The van der Waals surface area contributed by atoms with Gasteiger partial charge in [0, 0.05) is 13.1 Å². The van der Waals surface area contributed by atoms with Gasteiger partial charge in [-0.15, -0.1) is 0 Å². The van der Waals surface area contributed by atoms with E-state index in [9.17, 15) is 24.3 Å². The first-order chi connectivity index (χ1) is 14.5. The van der Waals surface area contributed by atoms with Gasteiger partial charge in [-0.1, -0.05) is 13.8 Å². The summed E-state index contributed by atoms with van der Waals surface area (Å²) in [4.78, 5) is 53.8. The van der Waals surface area contributed by atoms with Crippen molar-refractivity contribution < 1.29 is 24.3 Å². The molecule has 1 saturated heterocycles. The second-order valence-corrected chi connectivity index (χ2v) is 8.05. The second-order valence-electron chi connectivity index (χ2n) is 8.05. The van der Waals surface area contributed by atoms with Gasteiger partial charge in [0.15, 0.2) is 5.96 Å². The van der Waals surface area contributed by atoms with Crippen LogP contribution in [0.2, 0.25) is 0 Å². The monoisotopic (exact) mass is 441 g/mol. The standard InChI is InChI=1S/C19H35N7O5/c1-11(2)9-13(17(29)26-8-4-6-14(26)18(30)31)25-15(27)10-24-16(28)12(20)5-3-7-23-19(21)22/h11-14H,3-10,20H2,1-2H3,(H,24,28)(H,25,27)(H,30,31)(H4,21,22,23). The van der Waals surface area contributed by atoms with Crippen LogP contribution in [0.25, 0.3) is 0 Å². The molecule has 0 aromatic carbocycles. The van der Waals surface area contributed by atoms with Crippen molar-refractivity contribution in [3.05, 3.63) is 0 Å². The Bertz CT molecular complexity index is 679. The maximum Gasteiger partial charge on any atom is 0.326 e. The highest BCUT2D eigenvalue weighted by atomic mass is 16.4. The van der Waals surface area contributed by atoms with Gasteiger partial charge >= 0.3 is 5.97 Å². The normalized spacial score (nSPS) is 17.7. The number of guanidine groups is 1. The number of amides is 3. The number of nitrogens with zero attached hydrogens (tertiary/aromatic N) is 2. The van der Waals surface area contributed by atoms with E-state index in [4.69, 9.17) is 17.2 Å². The predicted octanol–water partition coefficient (Wildman–Crippen LogP) is -1.91. The maximum absolute atomic E-state index is 12.9. The van der Waals surface area contributed by atoms with E-state index >= 15 is 0 Å². The van der Waals surface area contributed by atoms with Gasteiger partial charge in [-0.05, 0) is 38.0 Å². The number of hydrogen-bond donors (Lipinski definition) is 6. The Balaban J connectivity index is 2.58. The Morgan fingerprint density at radius 1 is 1.23 bits per heavy atom. The number of rotatable bonds is 12. The molecule has 176 valence electrons. The summed E-state index contributed by atoms with van der Waals surface area (Å²) in [5.41, 5.74) is 16.2. The van der Waals surface area contributed by atoms with E-state index in [0.29, 0.717) is 45.2 Å². The van der Waals surface area contributed by atoms with Crippen LogP contribution < -0.4 is 27.8 Å². The second kappa shape index (κ2) is 12.7. The molecule has 0 aliphatic carbocycles. The van der Waals surface area contributed by atoms with Crippen LogP contribution in [0.1, 0.15) is 46.0 Å². The summed E-state index contributed by atoms with van der Waals surface area (Å²) in [6, 6.07) is -2.57. The number of aliphatic imine (C=N–C) groups is 1. The van der Waals surface area contributed by atoms with Crippen LogP contribution in [0.3, 0.4) is 0 Å². The molecule has 3 atom stereocenters. The zero-order chi connectivity index (χ0) is 23.6. The first kappa shape index (κ1) is 26.1. The van der Waals surface area contributed by atoms with Gasteiger partial charge in [-0.2, -0.15) is 0 Å². The molecule has 0 aromatic rings. The van der Waals surface area contributed by atoms with Crippen LogP contribution in [0.4, 0.5) is 0 Å². The Hall–Kier alpha value is -2.89. The molecule has 31 heavy (non-hydrogen) atoms. The molecule has 0 saturated carbocycles. The summed E-state index contributed by atoms with van der Waals surface area (Å²) >= 11 is 0. The quantitative estimate of drug-likeness (QED) is 0.114. The van der Waals surface area contributed by atoms with Gasteiger partial charge in [0.05, 0.1) is 12.6 Å². The van der Waals surface area contributed by atoms with Crippen LogP contribution in [0, 0.1) is 5.92 Å². The third-order valence-electron chi connectivity index (χ3n) is 4.89. The van der Waals surface area contributed by atoms with Crippen molar-refractivity contribution in [3.8, 4) is 0 Å². The average molecular weight is 442 g/mol. The highest BCUT2D eigenvalue weighted by Gasteiger charge is 2.37. The maximum atomic E-state index is 12.9. The number of nitrogens with two attached hydrogens (primary N) is 3. The van der Waals surface area contributed by atoms with E-state index in [1.807, 2.05) is 13.8 Å². The van der Waals surface area contributed by atoms with Crippen molar-refractivity contribution >= 4 is 29.7 Å². The van der Waals surface area contributed by atoms with Crippen LogP contribution in [-0.4, -0.2) is 77.4 Å². The number of carbonyl (C=O) groups is 4. The molecule has 0 bridgehead atoms. The predicted molar refractivity (Wildman–Crippen MR) is 115 cm³/mol. The lowest BCUT2D eigenvalue weighted by Gasteiger charge is -2.28. The first-order valence-corrected chi connectivity index (χ1v) is 10.4. The molecule has 0 aromatic heterocycles. The largest absolute Gasteiger partial charge is 0.480 e. The summed E-state index contributed by atoms with van der Waals surface area (Å²) in [6.45, 7) is 4.13. The zero-order valence-electron chi connectivity index (χ0n) is 18.2. The fourth-order valence-electron chi connectivity index (χ4n) is 3.37. The van der Waals surface area contributed by atoms with E-state index in [1.165, 1.54) is 4.90 Å². The number of likely N-dealkylation sites (tertiary alicyclic amines) is 1. The van der Waals surface area contributed by atoms with Gasteiger partial charge in [0.1, 0.15) is 12.1 Å². The highest BCUT2D eigenvalue weighted by Crippen LogP contribution is 2.20. The molecule has 1 heterocycles. The summed E-state index contributed by atoms with van der Waals surface area (Å²) < 4.78 is 0. The molecule has 1 rings (SSSR count). The lowest BCUT2D eigenvalue weighted by molar-refractivity contribution is -0.149. The Kier molecular flexibility index (Phi) is 10.7. The topological polar surface area (TPSA) is 206 Å². The van der Waals surface area contributed by atoms with Gasteiger partial charge in [0.2, 0.25) is 17.7 Å². The van der Waals surface area contributed by atoms with Gasteiger partial charge in [-0.25, -0.2) is 4.79 Å². The summed E-state index contributed by atoms with van der Waals surface area (Å²) in [6.07, 6.45) is 2.18. The van der Waals surface area contributed by atoms with Gasteiger partial charge in [-0.3, -0.25) is 19.4 Å². The Labute approximate surface area is 182 Å². The van der Waals surface area contributed by atoms with Crippen molar-refractivity contribution in [3.63, 3.8) is 0 Å². The molecule has 0 spiro atoms. The van der Waals surface area contributed by atoms with Crippen molar-refractivity contribution in [2.24, 2.45) is 28.1 Å². The fraction of sp³-hybridized carbons (Fsp3) is 0.737. The zero-order valence-corrected chi connectivity index (χ0v) is 18.2. The molecule has 1 aliphatic rings. The van der Waals surface area contributed by atoms with E-state index < -0.39 is 41.8 Å². The summed E-state index contributed by atoms with van der Waals surface area (Å²) in [5, 5.41) is 14.4. The number of nitrogens with one attached hydrogen (secondary N) is 2. The minimum absolute atomic E-state index is 0.0381. The van der Waals surface area contributed by atoms with Crippen molar-refractivity contribution in [1.82, 2.24) is 15.5 Å². The number of carboxylic acid groups (broad SMARTS) is 1. The summed E-state index contributed by atoms with van der Waals surface area (Å²) in [5.74, 6) is -2.48. The first-order valence-electron chi connectivity index (χ1n) is 10.4. The fourth-order valence-corrected chi connectivity index (χ4v) is 3.37. The molecule has 12 nitrogen and oxygen atoms in total. The van der Waals surface area contributed by atoms with E-state index in [1.54, 1.807) is 0 Å². The molecule has 9 N–H and O–H groups in total. The molecule has 1 fully saturated rings. The lowest BCUT2D eigenvalue weighted by atomic mass is 10.0. The average Bonchev–Trinajstić information content (AvgIpc) is 3.17. The third kappa shape index (κ3) is 9.20. The molecule has 3 amide bonds. The Morgan fingerprint density at radius 2 is 1.90 bits per heavy atom. The number of carbonyl (C=O) groups excluding carboxylic acids is 3. The van der Waals surface area contributed by atoms with E-state index in [0.717, 1.165) is 0 Å². The lowest BCUT2D eigenvalue weighted by Crippen LogP contribution is -2.54. The van der Waals surface area contributed by atoms with Crippen LogP contribution in [-0.2, 0) is 19.2 Å². The molecular weight excluding hydrogens is 406 g/mol. The molecule has 3 unspecified atom stereocenters. The SMILES string of the molecule is CC(C)CC(NC(=O)CNC(=O)C(N)CCCN=C(N)N)C(=O)N1CCCC1C(=O)O. The summed E-state index contributed by atoms with van der Waals surface area (Å²) in [7, 11) is 0. The highest BCUT2D eigenvalue weighted by molar-refractivity contribution is 5.92. The molecular formula is C19H35N7O5. The third-order valence-corrected chi connectivity index (χ3v) is 4.89. The minimum atomic E-state index is -1.05. The van der Waals surface area contributed by atoms with Crippen LogP contribution >= 0.6 is 0 Å². The number of aliphatic carboxylic acids is 1. The van der Waals surface area contributed by atoms with Gasteiger partial charge < -0.3 is 37.8 Å². The molecule has 1 aliphatic heterocycles. The van der Waals surface area contributed by atoms with Crippen LogP contribution in [0.5, 0.6) is 0 Å². The smallest absolute Gasteiger partial charge is 0.326 e. The van der Waals surface area contributed by atoms with Crippen LogP contribution in [0.15, 0.2) is 4.99 Å². The molecule has 12 heteroatoms. The minimum Gasteiger partial charge on any atom is -0.480 e.